The molecule has 0 spiro atoms. The van der Waals surface area contributed by atoms with Gasteiger partial charge in [0.2, 0.25) is 12.4 Å². The Morgan fingerprint density at radius 1 is 1.03 bits per heavy atom. The Kier molecular flexibility index (Phi) is 9.38. The summed E-state index contributed by atoms with van der Waals surface area (Å²) < 4.78 is 38.9. The average molecular weight is 533 g/mol. The first kappa shape index (κ1) is 27.6. The summed E-state index contributed by atoms with van der Waals surface area (Å²) in [6.45, 7) is 0. The van der Waals surface area contributed by atoms with Crippen molar-refractivity contribution in [2.75, 3.05) is 10.6 Å². The first-order valence-electron chi connectivity index (χ1n) is 13.1. The van der Waals surface area contributed by atoms with Gasteiger partial charge in [-0.2, -0.15) is 18.2 Å². The Morgan fingerprint density at radius 3 is 2.39 bits per heavy atom. The van der Waals surface area contributed by atoms with Crippen molar-refractivity contribution in [3.8, 4) is 0 Å². The van der Waals surface area contributed by atoms with Crippen LogP contribution in [0.4, 0.5) is 30.6 Å². The highest BCUT2D eigenvalue weighted by molar-refractivity contribution is 5.86. The molecule has 1 amide bonds. The summed E-state index contributed by atoms with van der Waals surface area (Å²) in [5, 5.41) is 6.67. The van der Waals surface area contributed by atoms with Gasteiger partial charge in [0.1, 0.15) is 5.84 Å². The maximum absolute atomic E-state index is 13.0. The summed E-state index contributed by atoms with van der Waals surface area (Å²) in [5.74, 6) is 2.81. The molecule has 0 bridgehead atoms. The number of rotatable bonds is 6. The molecule has 5 rings (SSSR count). The second-order valence-electron chi connectivity index (χ2n) is 9.97. The summed E-state index contributed by atoms with van der Waals surface area (Å²) in [5.41, 5.74) is 10.6. The van der Waals surface area contributed by atoms with Gasteiger partial charge in [0, 0.05) is 42.5 Å². The number of nitrogens with two attached hydrogens (primary N) is 1. The Balaban J connectivity index is 0.00000107. The molecule has 3 aliphatic rings. The number of hydrogen-bond donors (Lipinski definition) is 5. The van der Waals surface area contributed by atoms with Crippen LogP contribution in [0.2, 0.25) is 0 Å². The second-order valence-corrected chi connectivity index (χ2v) is 9.97. The van der Waals surface area contributed by atoms with Crippen molar-refractivity contribution in [2.24, 2.45) is 16.6 Å². The molecule has 2 aliphatic carbocycles. The third-order valence-electron chi connectivity index (χ3n) is 7.30. The summed E-state index contributed by atoms with van der Waals surface area (Å²) in [6.07, 6.45) is 7.20. The van der Waals surface area contributed by atoms with Gasteiger partial charge in [-0.05, 0) is 62.6 Å². The topological polar surface area (TPSA) is 129 Å². The van der Waals surface area contributed by atoms with E-state index in [1.54, 1.807) is 18.3 Å². The van der Waals surface area contributed by atoms with E-state index in [0.29, 0.717) is 23.5 Å². The van der Waals surface area contributed by atoms with E-state index in [1.807, 2.05) is 0 Å². The van der Waals surface area contributed by atoms with E-state index in [-0.39, 0.29) is 18.5 Å². The highest BCUT2D eigenvalue weighted by atomic mass is 19.4. The van der Waals surface area contributed by atoms with Gasteiger partial charge in [-0.25, -0.2) is 15.4 Å². The highest BCUT2D eigenvalue weighted by Gasteiger charge is 2.31. The molecule has 38 heavy (non-hydrogen) atoms. The highest BCUT2D eigenvalue weighted by Crippen LogP contribution is 2.32. The number of amidine groups is 1. The molecule has 1 aromatic heterocycles. The zero-order valence-corrected chi connectivity index (χ0v) is 21.2. The minimum absolute atomic E-state index is 0.143. The van der Waals surface area contributed by atoms with Crippen molar-refractivity contribution in [2.45, 2.75) is 82.1 Å². The number of nitrogens with zero attached hydrogens (tertiary/aromatic N) is 3. The van der Waals surface area contributed by atoms with Crippen LogP contribution in [-0.4, -0.2) is 40.3 Å². The molecule has 1 saturated heterocycles. The van der Waals surface area contributed by atoms with Gasteiger partial charge in [-0.3, -0.25) is 4.79 Å². The van der Waals surface area contributed by atoms with Crippen molar-refractivity contribution < 1.29 is 18.0 Å². The van der Waals surface area contributed by atoms with Crippen LogP contribution < -0.4 is 27.2 Å². The first-order valence-corrected chi connectivity index (χ1v) is 13.1. The number of aliphatic imine (C=N–C) groups is 1. The molecule has 1 aromatic carbocycles. The molecule has 0 radical (unpaired) electrons. The van der Waals surface area contributed by atoms with E-state index in [4.69, 9.17) is 4.79 Å². The monoisotopic (exact) mass is 532 g/mol. The Labute approximate surface area is 220 Å². The van der Waals surface area contributed by atoms with Gasteiger partial charge in [0.05, 0.1) is 5.56 Å². The van der Waals surface area contributed by atoms with Crippen molar-refractivity contribution >= 4 is 29.7 Å². The SMILES string of the molecule is FC(F)(F)c1cccc(NC2CCC(Nc3nccc(N=C4CC(C5CCCC5)NN4)n3)CC2)c1.NC=O. The number of carbonyl (C=O) groups excluding carboxylic acids is 1. The molecule has 6 N–H and O–H groups in total. The van der Waals surface area contributed by atoms with Crippen LogP contribution >= 0.6 is 0 Å². The molecule has 1 unspecified atom stereocenters. The maximum Gasteiger partial charge on any atom is 0.416 e. The summed E-state index contributed by atoms with van der Waals surface area (Å²) >= 11 is 0. The number of aromatic nitrogens is 2. The lowest BCUT2D eigenvalue weighted by Gasteiger charge is -2.30. The second kappa shape index (κ2) is 12.9. The Hall–Kier alpha value is -3.41. The van der Waals surface area contributed by atoms with E-state index in [2.05, 4.69) is 42.2 Å². The molecule has 206 valence electrons. The lowest BCUT2D eigenvalue weighted by Crippen LogP contribution is -2.35. The number of hydrazine groups is 1. The standard InChI is InChI=1S/C25H32F3N7.CH3NO/c26-25(27,28)17-6-3-7-20(14-17)30-18-8-10-19(11-9-18)31-24-29-13-12-22(33-24)32-23-15-21(34-35-23)16-4-1-2-5-16;2-1-3/h3,6-7,12-14,16,18-19,21,30,34H,1-2,4-5,8-11,15H2,(H2,29,31,32,33,35);1H,(H2,2,3). The lowest BCUT2D eigenvalue weighted by atomic mass is 9.91. The lowest BCUT2D eigenvalue weighted by molar-refractivity contribution is -0.137. The first-order chi connectivity index (χ1) is 18.3. The number of benzene rings is 1. The molecule has 2 heterocycles. The van der Waals surface area contributed by atoms with Crippen LogP contribution in [0.15, 0.2) is 41.5 Å². The van der Waals surface area contributed by atoms with Gasteiger partial charge >= 0.3 is 6.18 Å². The molecule has 1 atom stereocenters. The molecular formula is C26H35F3N8O. The minimum Gasteiger partial charge on any atom is -0.382 e. The fraction of sp³-hybridized carbons (Fsp3) is 0.538. The van der Waals surface area contributed by atoms with Crippen LogP contribution in [0.3, 0.4) is 0 Å². The van der Waals surface area contributed by atoms with Crippen LogP contribution in [0.5, 0.6) is 0 Å². The number of primary amides is 1. The van der Waals surface area contributed by atoms with Crippen molar-refractivity contribution in [1.82, 2.24) is 20.8 Å². The van der Waals surface area contributed by atoms with Gasteiger partial charge in [-0.1, -0.05) is 18.9 Å². The van der Waals surface area contributed by atoms with E-state index >= 15 is 0 Å². The number of alkyl halides is 3. The van der Waals surface area contributed by atoms with E-state index in [1.165, 1.54) is 37.8 Å². The fourth-order valence-corrected chi connectivity index (χ4v) is 5.41. The zero-order chi connectivity index (χ0) is 27.0. The van der Waals surface area contributed by atoms with Crippen molar-refractivity contribution in [3.63, 3.8) is 0 Å². The smallest absolute Gasteiger partial charge is 0.382 e. The third-order valence-corrected chi connectivity index (χ3v) is 7.30. The van der Waals surface area contributed by atoms with E-state index in [9.17, 15) is 13.2 Å². The Morgan fingerprint density at radius 2 is 1.71 bits per heavy atom. The molecule has 2 saturated carbocycles. The van der Waals surface area contributed by atoms with Crippen molar-refractivity contribution in [1.29, 1.82) is 0 Å². The largest absolute Gasteiger partial charge is 0.416 e. The number of nitrogens with one attached hydrogen (secondary N) is 4. The molecular weight excluding hydrogens is 497 g/mol. The predicted molar refractivity (Wildman–Crippen MR) is 141 cm³/mol. The summed E-state index contributed by atoms with van der Waals surface area (Å²) in [6, 6.07) is 8.01. The van der Waals surface area contributed by atoms with Gasteiger partial charge in [0.15, 0.2) is 5.82 Å². The third kappa shape index (κ3) is 7.80. The summed E-state index contributed by atoms with van der Waals surface area (Å²) in [7, 11) is 0. The van der Waals surface area contributed by atoms with Gasteiger partial charge in [-0.15, -0.1) is 0 Å². The minimum atomic E-state index is -4.33. The Bertz CT molecular complexity index is 1080. The van der Waals surface area contributed by atoms with Crippen LogP contribution in [0.1, 0.15) is 63.4 Å². The van der Waals surface area contributed by atoms with Crippen LogP contribution in [0, 0.1) is 5.92 Å². The van der Waals surface area contributed by atoms with E-state index < -0.39 is 11.7 Å². The molecule has 2 aromatic rings. The van der Waals surface area contributed by atoms with E-state index in [0.717, 1.165) is 49.9 Å². The number of carbonyl (C=O) groups is 1. The number of amides is 1. The molecule has 3 fully saturated rings. The molecule has 1 aliphatic heterocycles. The maximum atomic E-state index is 13.0. The average Bonchev–Trinajstić information content (AvgIpc) is 3.58. The van der Waals surface area contributed by atoms with Crippen LogP contribution in [-0.2, 0) is 11.0 Å². The predicted octanol–water partition coefficient (Wildman–Crippen LogP) is 4.52. The molecule has 9 nitrogen and oxygen atoms in total. The summed E-state index contributed by atoms with van der Waals surface area (Å²) in [4.78, 5) is 22.2. The van der Waals surface area contributed by atoms with Crippen molar-refractivity contribution in [3.05, 3.63) is 42.1 Å². The number of hydrogen-bond acceptors (Lipinski definition) is 7. The quantitative estimate of drug-likeness (QED) is 0.346. The van der Waals surface area contributed by atoms with Gasteiger partial charge in [0.25, 0.3) is 0 Å². The van der Waals surface area contributed by atoms with Gasteiger partial charge < -0.3 is 21.8 Å². The van der Waals surface area contributed by atoms with Crippen LogP contribution in [0.25, 0.3) is 0 Å². The molecule has 12 heteroatoms. The number of anilines is 2. The number of halogens is 3. The zero-order valence-electron chi connectivity index (χ0n) is 21.2. The fourth-order valence-electron chi connectivity index (χ4n) is 5.41. The normalized spacial score (nSPS) is 24.8.